The Bertz CT molecular complexity index is 468. The highest BCUT2D eigenvalue weighted by atomic mass is 32.2. The summed E-state index contributed by atoms with van der Waals surface area (Å²) in [5.74, 6) is -0.241. The molecule has 82 valence electrons. The molecule has 1 amide bonds. The standard InChI is InChI=1S/C8H8N6OS/c1-16-5-2-3-6(9-4-5)7(15)10-8-11-13-14-12-8/h2-4H,1H3,(H2,10,11,12,13,14,15). The number of pyridine rings is 1. The largest absolute Gasteiger partial charge is 0.286 e. The highest BCUT2D eigenvalue weighted by Crippen LogP contribution is 2.12. The van der Waals surface area contributed by atoms with Crippen molar-refractivity contribution < 1.29 is 4.79 Å². The van der Waals surface area contributed by atoms with E-state index in [2.05, 4.69) is 30.9 Å². The van der Waals surface area contributed by atoms with Crippen molar-refractivity contribution >= 4 is 23.6 Å². The van der Waals surface area contributed by atoms with Gasteiger partial charge in [-0.3, -0.25) is 10.1 Å². The Morgan fingerprint density at radius 3 is 2.94 bits per heavy atom. The maximum absolute atomic E-state index is 11.6. The van der Waals surface area contributed by atoms with Crippen molar-refractivity contribution in [3.63, 3.8) is 0 Å². The Balaban J connectivity index is 2.09. The van der Waals surface area contributed by atoms with E-state index in [1.807, 2.05) is 12.3 Å². The van der Waals surface area contributed by atoms with Gasteiger partial charge in [-0.25, -0.2) is 4.98 Å². The average molecular weight is 236 g/mol. The molecule has 0 radical (unpaired) electrons. The second kappa shape index (κ2) is 4.71. The van der Waals surface area contributed by atoms with E-state index < -0.39 is 0 Å². The Hall–Kier alpha value is -1.96. The van der Waals surface area contributed by atoms with Crippen LogP contribution in [0.4, 0.5) is 5.95 Å². The SMILES string of the molecule is CSc1ccc(C(=O)Nc2nn[nH]n2)nc1. The number of hydrogen-bond acceptors (Lipinski definition) is 6. The fourth-order valence-electron chi connectivity index (χ4n) is 1.02. The first kappa shape index (κ1) is 10.6. The predicted molar refractivity (Wildman–Crippen MR) is 58.1 cm³/mol. The first-order valence-electron chi connectivity index (χ1n) is 4.34. The molecule has 2 N–H and O–H groups in total. The van der Waals surface area contributed by atoms with Crippen LogP contribution in [0.2, 0.25) is 0 Å². The lowest BCUT2D eigenvalue weighted by molar-refractivity contribution is 0.102. The Morgan fingerprint density at radius 1 is 1.50 bits per heavy atom. The number of nitrogens with one attached hydrogen (secondary N) is 2. The van der Waals surface area contributed by atoms with E-state index in [9.17, 15) is 4.79 Å². The minimum Gasteiger partial charge on any atom is -0.286 e. The monoisotopic (exact) mass is 236 g/mol. The van der Waals surface area contributed by atoms with Gasteiger partial charge in [0.15, 0.2) is 0 Å². The number of thioether (sulfide) groups is 1. The van der Waals surface area contributed by atoms with Gasteiger partial charge in [0.05, 0.1) is 0 Å². The maximum Gasteiger partial charge on any atom is 0.276 e. The molecule has 0 aliphatic heterocycles. The number of carbonyl (C=O) groups is 1. The molecule has 2 rings (SSSR count). The lowest BCUT2D eigenvalue weighted by atomic mass is 10.3. The molecule has 0 aromatic carbocycles. The van der Waals surface area contributed by atoms with E-state index in [0.717, 1.165) is 4.90 Å². The summed E-state index contributed by atoms with van der Waals surface area (Å²) in [5.41, 5.74) is 0.308. The van der Waals surface area contributed by atoms with Crippen LogP contribution in [0.5, 0.6) is 0 Å². The first-order valence-corrected chi connectivity index (χ1v) is 5.57. The quantitative estimate of drug-likeness (QED) is 0.756. The van der Waals surface area contributed by atoms with Crippen molar-refractivity contribution in [1.29, 1.82) is 0 Å². The summed E-state index contributed by atoms with van der Waals surface area (Å²) in [5, 5.41) is 15.2. The number of aromatic amines is 1. The van der Waals surface area contributed by atoms with Gasteiger partial charge in [-0.05, 0) is 23.6 Å². The third-order valence-corrected chi connectivity index (χ3v) is 2.49. The van der Waals surface area contributed by atoms with Crippen molar-refractivity contribution in [3.8, 4) is 0 Å². The van der Waals surface area contributed by atoms with Crippen LogP contribution in [0.15, 0.2) is 23.2 Å². The zero-order valence-electron chi connectivity index (χ0n) is 8.34. The topological polar surface area (TPSA) is 96.5 Å². The number of carbonyl (C=O) groups excluding carboxylic acids is 1. The summed E-state index contributed by atoms with van der Waals surface area (Å²) in [6, 6.07) is 3.46. The van der Waals surface area contributed by atoms with Crippen molar-refractivity contribution in [3.05, 3.63) is 24.0 Å². The smallest absolute Gasteiger partial charge is 0.276 e. The van der Waals surface area contributed by atoms with Gasteiger partial charge in [0, 0.05) is 11.1 Å². The van der Waals surface area contributed by atoms with Gasteiger partial charge in [-0.15, -0.1) is 16.9 Å². The molecule has 0 atom stereocenters. The van der Waals surface area contributed by atoms with Crippen molar-refractivity contribution in [2.45, 2.75) is 4.90 Å². The lowest BCUT2D eigenvalue weighted by Gasteiger charge is -2.00. The molecule has 0 aliphatic carbocycles. The van der Waals surface area contributed by atoms with Crippen LogP contribution in [0.25, 0.3) is 0 Å². The fraction of sp³-hybridized carbons (Fsp3) is 0.125. The Labute approximate surface area is 95.0 Å². The molecule has 0 aliphatic rings. The molecule has 0 spiro atoms. The summed E-state index contributed by atoms with van der Waals surface area (Å²) < 4.78 is 0. The normalized spacial score (nSPS) is 10.1. The number of hydrogen-bond donors (Lipinski definition) is 2. The second-order valence-corrected chi connectivity index (χ2v) is 3.65. The second-order valence-electron chi connectivity index (χ2n) is 2.77. The van der Waals surface area contributed by atoms with Crippen LogP contribution in [0.3, 0.4) is 0 Å². The van der Waals surface area contributed by atoms with E-state index in [1.165, 1.54) is 0 Å². The van der Waals surface area contributed by atoms with Gasteiger partial charge in [0.1, 0.15) is 5.69 Å². The third-order valence-electron chi connectivity index (χ3n) is 1.78. The maximum atomic E-state index is 11.6. The molecule has 0 fully saturated rings. The molecule has 2 aromatic heterocycles. The molecular weight excluding hydrogens is 228 g/mol. The van der Waals surface area contributed by atoms with E-state index in [-0.39, 0.29) is 11.9 Å². The highest BCUT2D eigenvalue weighted by Gasteiger charge is 2.09. The molecule has 16 heavy (non-hydrogen) atoms. The Kier molecular flexibility index (Phi) is 3.10. The molecular formula is C8H8N6OS. The van der Waals surface area contributed by atoms with Gasteiger partial charge in [-0.1, -0.05) is 5.10 Å². The zero-order chi connectivity index (χ0) is 11.4. The number of tetrazole rings is 1. The van der Waals surface area contributed by atoms with Crippen molar-refractivity contribution in [1.82, 2.24) is 25.6 Å². The van der Waals surface area contributed by atoms with E-state index in [0.29, 0.717) is 5.69 Å². The first-order chi connectivity index (χ1) is 7.79. The zero-order valence-corrected chi connectivity index (χ0v) is 9.15. The van der Waals surface area contributed by atoms with Crippen molar-refractivity contribution in [2.24, 2.45) is 0 Å². The molecule has 7 nitrogen and oxygen atoms in total. The molecule has 0 saturated carbocycles. The molecule has 0 unspecified atom stereocenters. The van der Waals surface area contributed by atoms with E-state index in [4.69, 9.17) is 0 Å². The van der Waals surface area contributed by atoms with Crippen molar-refractivity contribution in [2.75, 3.05) is 11.6 Å². The average Bonchev–Trinajstić information content (AvgIpc) is 2.82. The molecule has 2 heterocycles. The van der Waals surface area contributed by atoms with Gasteiger partial charge in [0.25, 0.3) is 11.9 Å². The highest BCUT2D eigenvalue weighted by molar-refractivity contribution is 7.98. The van der Waals surface area contributed by atoms with Crippen LogP contribution in [-0.4, -0.2) is 37.8 Å². The summed E-state index contributed by atoms with van der Waals surface area (Å²) in [4.78, 5) is 16.6. The van der Waals surface area contributed by atoms with E-state index >= 15 is 0 Å². The van der Waals surface area contributed by atoms with Gasteiger partial charge in [-0.2, -0.15) is 5.21 Å². The third kappa shape index (κ3) is 2.34. The number of nitrogens with zero attached hydrogens (tertiary/aromatic N) is 4. The van der Waals surface area contributed by atoms with E-state index in [1.54, 1.807) is 24.0 Å². The minimum atomic E-state index is -0.367. The fourth-order valence-corrected chi connectivity index (χ4v) is 1.38. The minimum absolute atomic E-state index is 0.126. The number of aromatic nitrogens is 5. The molecule has 2 aromatic rings. The lowest BCUT2D eigenvalue weighted by Crippen LogP contribution is -2.14. The van der Waals surface area contributed by atoms with Crippen LogP contribution in [0, 0.1) is 0 Å². The molecule has 0 bridgehead atoms. The van der Waals surface area contributed by atoms with Crippen LogP contribution >= 0.6 is 11.8 Å². The Morgan fingerprint density at radius 2 is 2.38 bits per heavy atom. The summed E-state index contributed by atoms with van der Waals surface area (Å²) in [6.07, 6.45) is 3.58. The van der Waals surface area contributed by atoms with Crippen LogP contribution in [0.1, 0.15) is 10.5 Å². The summed E-state index contributed by atoms with van der Waals surface area (Å²) >= 11 is 1.56. The number of H-pyrrole nitrogens is 1. The molecule has 0 saturated heterocycles. The predicted octanol–water partition coefficient (Wildman–Crippen LogP) is 0.569. The van der Waals surface area contributed by atoms with Crippen LogP contribution < -0.4 is 5.32 Å². The molecule has 8 heteroatoms. The van der Waals surface area contributed by atoms with Gasteiger partial charge < -0.3 is 0 Å². The van der Waals surface area contributed by atoms with Gasteiger partial charge >= 0.3 is 0 Å². The summed E-state index contributed by atoms with van der Waals surface area (Å²) in [6.45, 7) is 0. The van der Waals surface area contributed by atoms with Gasteiger partial charge in [0.2, 0.25) is 0 Å². The number of anilines is 1. The summed E-state index contributed by atoms with van der Waals surface area (Å²) in [7, 11) is 0. The number of rotatable bonds is 3. The number of amides is 1. The van der Waals surface area contributed by atoms with Crippen LogP contribution in [-0.2, 0) is 0 Å².